The number of carbonyl (C=O) groups is 1. The second-order valence-electron chi connectivity index (χ2n) is 5.00. The number of ether oxygens (including phenoxy) is 2. The molecule has 0 aliphatic carbocycles. The van der Waals surface area contributed by atoms with Crippen molar-refractivity contribution in [3.63, 3.8) is 0 Å². The van der Waals surface area contributed by atoms with Crippen molar-refractivity contribution in [2.45, 2.75) is 13.0 Å². The second-order valence-corrected chi connectivity index (χ2v) is 5.00. The first-order valence-electron chi connectivity index (χ1n) is 7.18. The fourth-order valence-electron chi connectivity index (χ4n) is 2.05. The van der Waals surface area contributed by atoms with E-state index >= 15 is 0 Å². The lowest BCUT2D eigenvalue weighted by atomic mass is 10.1. The van der Waals surface area contributed by atoms with Gasteiger partial charge in [-0.05, 0) is 48.9 Å². The zero-order valence-electron chi connectivity index (χ0n) is 13.1. The normalized spacial score (nSPS) is 11.3. The Bertz CT molecular complexity index is 688. The molecule has 0 aliphatic rings. The van der Waals surface area contributed by atoms with Crippen LogP contribution in [0.1, 0.15) is 24.2 Å². The quantitative estimate of drug-likeness (QED) is 0.888. The number of nitrogens with one attached hydrogen (secondary N) is 1. The first kappa shape index (κ1) is 16.5. The Morgan fingerprint density at radius 3 is 2.39 bits per heavy atom. The molecule has 1 amide bonds. The molecule has 1 N–H and O–H groups in total. The molecule has 2 rings (SSSR count). The van der Waals surface area contributed by atoms with Gasteiger partial charge in [0.15, 0.2) is 0 Å². The van der Waals surface area contributed by atoms with Crippen LogP contribution in [0.25, 0.3) is 0 Å². The first-order valence-corrected chi connectivity index (χ1v) is 7.18. The zero-order chi connectivity index (χ0) is 16.7. The molecule has 0 bridgehead atoms. The fourth-order valence-corrected chi connectivity index (χ4v) is 2.05. The average Bonchev–Trinajstić information content (AvgIpc) is 2.57. The summed E-state index contributed by atoms with van der Waals surface area (Å²) in [5, 5.41) is 11.5. The Hall–Kier alpha value is -2.84. The molecule has 0 aliphatic heterocycles. The minimum Gasteiger partial charge on any atom is -0.486 e. The third kappa shape index (κ3) is 4.83. The standard InChI is InChI=1S/C18H18N2O3/c1-13(15-5-3-14(11-19)4-6-15)23-17-9-7-16(8-10-17)20-18(21)12-22-2/h3-10,13H,12H2,1-2H3,(H,20,21)/t13-/m0/s1. The number of amides is 1. The molecule has 2 aromatic rings. The summed E-state index contributed by atoms with van der Waals surface area (Å²) >= 11 is 0. The summed E-state index contributed by atoms with van der Waals surface area (Å²) in [7, 11) is 1.47. The van der Waals surface area contributed by atoms with Gasteiger partial charge in [0.1, 0.15) is 18.5 Å². The van der Waals surface area contributed by atoms with Crippen LogP contribution in [-0.2, 0) is 9.53 Å². The maximum absolute atomic E-state index is 11.4. The Morgan fingerprint density at radius 1 is 1.17 bits per heavy atom. The van der Waals surface area contributed by atoms with E-state index in [2.05, 4.69) is 11.4 Å². The van der Waals surface area contributed by atoms with Crippen molar-refractivity contribution >= 4 is 11.6 Å². The number of nitrogens with zero attached hydrogens (tertiary/aromatic N) is 1. The van der Waals surface area contributed by atoms with Gasteiger partial charge in [-0.25, -0.2) is 0 Å². The monoisotopic (exact) mass is 310 g/mol. The van der Waals surface area contributed by atoms with E-state index in [-0.39, 0.29) is 18.6 Å². The van der Waals surface area contributed by atoms with Crippen molar-refractivity contribution in [3.8, 4) is 11.8 Å². The van der Waals surface area contributed by atoms with E-state index < -0.39 is 0 Å². The molecule has 0 saturated heterocycles. The minimum atomic E-state index is -0.202. The van der Waals surface area contributed by atoms with Gasteiger partial charge in [0, 0.05) is 12.8 Å². The number of benzene rings is 2. The van der Waals surface area contributed by atoms with Crippen LogP contribution in [0.3, 0.4) is 0 Å². The van der Waals surface area contributed by atoms with Crippen LogP contribution in [0, 0.1) is 11.3 Å². The number of methoxy groups -OCH3 is 1. The zero-order valence-corrected chi connectivity index (χ0v) is 13.1. The third-order valence-electron chi connectivity index (χ3n) is 3.24. The minimum absolute atomic E-state index is 0.0218. The molecular weight excluding hydrogens is 292 g/mol. The van der Waals surface area contributed by atoms with Crippen molar-refractivity contribution in [2.24, 2.45) is 0 Å². The molecule has 23 heavy (non-hydrogen) atoms. The molecule has 0 saturated carbocycles. The van der Waals surface area contributed by atoms with Crippen LogP contribution in [0.5, 0.6) is 5.75 Å². The van der Waals surface area contributed by atoms with Crippen molar-refractivity contribution in [1.82, 2.24) is 0 Å². The Morgan fingerprint density at radius 2 is 1.83 bits per heavy atom. The highest BCUT2D eigenvalue weighted by atomic mass is 16.5. The van der Waals surface area contributed by atoms with Crippen LogP contribution in [-0.4, -0.2) is 19.6 Å². The lowest BCUT2D eigenvalue weighted by Crippen LogP contribution is -2.16. The molecular formula is C18H18N2O3. The van der Waals surface area contributed by atoms with Gasteiger partial charge >= 0.3 is 0 Å². The van der Waals surface area contributed by atoms with E-state index in [4.69, 9.17) is 14.7 Å². The van der Waals surface area contributed by atoms with E-state index in [1.54, 1.807) is 36.4 Å². The van der Waals surface area contributed by atoms with Crippen molar-refractivity contribution in [3.05, 3.63) is 59.7 Å². The molecule has 0 aromatic heterocycles. The average molecular weight is 310 g/mol. The van der Waals surface area contributed by atoms with Crippen molar-refractivity contribution in [2.75, 3.05) is 19.0 Å². The number of carbonyl (C=O) groups excluding carboxylic acids is 1. The fraction of sp³-hybridized carbons (Fsp3) is 0.222. The van der Waals surface area contributed by atoms with E-state index in [0.29, 0.717) is 17.0 Å². The van der Waals surface area contributed by atoms with Gasteiger partial charge in [-0.2, -0.15) is 5.26 Å². The van der Waals surface area contributed by atoms with Gasteiger partial charge in [0.25, 0.3) is 0 Å². The molecule has 2 aromatic carbocycles. The second kappa shape index (κ2) is 7.97. The van der Waals surface area contributed by atoms with E-state index in [9.17, 15) is 4.79 Å². The molecule has 5 heteroatoms. The van der Waals surface area contributed by atoms with Crippen LogP contribution >= 0.6 is 0 Å². The van der Waals surface area contributed by atoms with Crippen LogP contribution < -0.4 is 10.1 Å². The maximum Gasteiger partial charge on any atom is 0.250 e. The van der Waals surface area contributed by atoms with Gasteiger partial charge in [0.2, 0.25) is 5.91 Å². The highest BCUT2D eigenvalue weighted by Gasteiger charge is 2.08. The smallest absolute Gasteiger partial charge is 0.250 e. The summed E-state index contributed by atoms with van der Waals surface area (Å²) < 4.78 is 10.6. The largest absolute Gasteiger partial charge is 0.486 e. The summed E-state index contributed by atoms with van der Waals surface area (Å²) in [4.78, 5) is 11.4. The SMILES string of the molecule is COCC(=O)Nc1ccc(O[C@@H](C)c2ccc(C#N)cc2)cc1. The summed E-state index contributed by atoms with van der Waals surface area (Å²) in [6, 6.07) is 16.5. The molecule has 0 heterocycles. The number of hydrogen-bond acceptors (Lipinski definition) is 4. The predicted molar refractivity (Wildman–Crippen MR) is 87.1 cm³/mol. The first-order chi connectivity index (χ1) is 11.1. The van der Waals surface area contributed by atoms with Crippen LogP contribution in [0.15, 0.2) is 48.5 Å². The molecule has 5 nitrogen and oxygen atoms in total. The molecule has 118 valence electrons. The predicted octanol–water partition coefficient (Wildman–Crippen LogP) is 3.28. The van der Waals surface area contributed by atoms with E-state index in [1.165, 1.54) is 7.11 Å². The van der Waals surface area contributed by atoms with Gasteiger partial charge < -0.3 is 14.8 Å². The van der Waals surface area contributed by atoms with Gasteiger partial charge in [-0.3, -0.25) is 4.79 Å². The highest BCUT2D eigenvalue weighted by molar-refractivity contribution is 5.91. The third-order valence-corrected chi connectivity index (χ3v) is 3.24. The summed E-state index contributed by atoms with van der Waals surface area (Å²) in [5.74, 6) is 0.499. The molecule has 1 atom stereocenters. The summed E-state index contributed by atoms with van der Waals surface area (Å²) in [6.45, 7) is 1.96. The number of hydrogen-bond donors (Lipinski definition) is 1. The van der Waals surface area contributed by atoms with Crippen LogP contribution in [0.4, 0.5) is 5.69 Å². The number of nitriles is 1. The van der Waals surface area contributed by atoms with E-state index in [0.717, 1.165) is 5.56 Å². The van der Waals surface area contributed by atoms with Gasteiger partial charge in [0.05, 0.1) is 11.6 Å². The number of rotatable bonds is 6. The lowest BCUT2D eigenvalue weighted by molar-refractivity contribution is -0.119. The van der Waals surface area contributed by atoms with Crippen molar-refractivity contribution < 1.29 is 14.3 Å². The summed E-state index contributed by atoms with van der Waals surface area (Å²) in [5.41, 5.74) is 2.30. The lowest BCUT2D eigenvalue weighted by Gasteiger charge is -2.15. The highest BCUT2D eigenvalue weighted by Crippen LogP contribution is 2.23. The van der Waals surface area contributed by atoms with Gasteiger partial charge in [-0.15, -0.1) is 0 Å². The summed E-state index contributed by atoms with van der Waals surface area (Å²) in [6.07, 6.45) is -0.142. The topological polar surface area (TPSA) is 71.3 Å². The molecule has 0 radical (unpaired) electrons. The van der Waals surface area contributed by atoms with Crippen LogP contribution in [0.2, 0.25) is 0 Å². The van der Waals surface area contributed by atoms with E-state index in [1.807, 2.05) is 19.1 Å². The molecule has 0 spiro atoms. The van der Waals surface area contributed by atoms with Crippen molar-refractivity contribution in [1.29, 1.82) is 5.26 Å². The molecule has 0 unspecified atom stereocenters. The Kier molecular flexibility index (Phi) is 5.73. The maximum atomic E-state index is 11.4. The molecule has 0 fully saturated rings. The Balaban J connectivity index is 1.97. The Labute approximate surface area is 135 Å². The van der Waals surface area contributed by atoms with Gasteiger partial charge in [-0.1, -0.05) is 12.1 Å². The number of anilines is 1.